The number of carbonyl (C=O) groups excluding carboxylic acids is 3. The fourth-order valence-electron chi connectivity index (χ4n) is 2.36. The fraction of sp³-hybridized carbons (Fsp3) is 0.733. The van der Waals surface area contributed by atoms with Gasteiger partial charge in [0.15, 0.2) is 0 Å². The van der Waals surface area contributed by atoms with Crippen molar-refractivity contribution in [2.45, 2.75) is 58.2 Å². The molecule has 0 aliphatic carbocycles. The molecule has 1 aliphatic rings. The fourth-order valence-corrected chi connectivity index (χ4v) is 2.36. The Balaban J connectivity index is 2.45. The van der Waals surface area contributed by atoms with Crippen LogP contribution in [0, 0.1) is 0 Å². The Morgan fingerprint density at radius 3 is 2.46 bits per heavy atom. The SMILES string of the molecule is C[C@@H](NC(=O)CNC(=O)OC(C)(C)C)C(=O)N1CCC[C@H]1C(=O)O. The molecule has 0 radical (unpaired) electrons. The van der Waals surface area contributed by atoms with Gasteiger partial charge in [0.25, 0.3) is 0 Å². The van der Waals surface area contributed by atoms with Crippen LogP contribution >= 0.6 is 0 Å². The first-order chi connectivity index (χ1) is 11.0. The Morgan fingerprint density at radius 2 is 1.92 bits per heavy atom. The van der Waals surface area contributed by atoms with Gasteiger partial charge in [-0.3, -0.25) is 9.59 Å². The van der Waals surface area contributed by atoms with Crippen molar-refractivity contribution in [2.24, 2.45) is 0 Å². The molecular weight excluding hydrogens is 318 g/mol. The lowest BCUT2D eigenvalue weighted by Gasteiger charge is -2.25. The molecule has 0 aromatic rings. The summed E-state index contributed by atoms with van der Waals surface area (Å²) in [6, 6.07) is -1.73. The first-order valence-electron chi connectivity index (χ1n) is 7.81. The molecular formula is C15H25N3O6. The molecule has 0 spiro atoms. The zero-order valence-electron chi connectivity index (χ0n) is 14.4. The van der Waals surface area contributed by atoms with E-state index in [0.29, 0.717) is 19.4 Å². The highest BCUT2D eigenvalue weighted by Crippen LogP contribution is 2.18. The Kier molecular flexibility index (Phi) is 6.56. The molecule has 9 nitrogen and oxygen atoms in total. The van der Waals surface area contributed by atoms with Gasteiger partial charge in [0.1, 0.15) is 24.2 Å². The van der Waals surface area contributed by atoms with Crippen LogP contribution in [0.25, 0.3) is 0 Å². The van der Waals surface area contributed by atoms with Gasteiger partial charge in [-0.15, -0.1) is 0 Å². The van der Waals surface area contributed by atoms with Gasteiger partial charge in [0.05, 0.1) is 0 Å². The van der Waals surface area contributed by atoms with Crippen molar-refractivity contribution in [3.8, 4) is 0 Å². The number of aliphatic carboxylic acids is 1. The molecule has 2 atom stereocenters. The smallest absolute Gasteiger partial charge is 0.408 e. The van der Waals surface area contributed by atoms with E-state index in [2.05, 4.69) is 10.6 Å². The molecule has 0 unspecified atom stereocenters. The number of nitrogens with one attached hydrogen (secondary N) is 2. The summed E-state index contributed by atoms with van der Waals surface area (Å²) in [5, 5.41) is 13.8. The second kappa shape index (κ2) is 7.98. The minimum atomic E-state index is -1.05. The molecule has 1 heterocycles. The minimum Gasteiger partial charge on any atom is -0.480 e. The Morgan fingerprint density at radius 1 is 1.29 bits per heavy atom. The van der Waals surface area contributed by atoms with Gasteiger partial charge in [-0.05, 0) is 40.5 Å². The molecule has 0 aromatic carbocycles. The number of carboxylic acid groups (broad SMARTS) is 1. The molecule has 1 rings (SSSR count). The Hall–Kier alpha value is -2.32. The van der Waals surface area contributed by atoms with Crippen LogP contribution in [0.2, 0.25) is 0 Å². The third-order valence-corrected chi connectivity index (χ3v) is 3.36. The lowest BCUT2D eigenvalue weighted by atomic mass is 10.2. The van der Waals surface area contributed by atoms with Gasteiger partial charge in [-0.2, -0.15) is 0 Å². The maximum Gasteiger partial charge on any atom is 0.408 e. The number of nitrogens with zero attached hydrogens (tertiary/aromatic N) is 1. The van der Waals surface area contributed by atoms with Crippen LogP contribution in [0.5, 0.6) is 0 Å². The van der Waals surface area contributed by atoms with Crippen molar-refractivity contribution < 1.29 is 29.0 Å². The average Bonchev–Trinajstić information content (AvgIpc) is 2.91. The highest BCUT2D eigenvalue weighted by atomic mass is 16.6. The number of hydrogen-bond donors (Lipinski definition) is 3. The number of amides is 3. The quantitative estimate of drug-likeness (QED) is 0.650. The molecule has 1 fully saturated rings. The number of alkyl carbamates (subject to hydrolysis) is 1. The van der Waals surface area contributed by atoms with E-state index in [4.69, 9.17) is 9.84 Å². The summed E-state index contributed by atoms with van der Waals surface area (Å²) in [5.41, 5.74) is -0.675. The summed E-state index contributed by atoms with van der Waals surface area (Å²) < 4.78 is 4.99. The molecule has 3 N–H and O–H groups in total. The van der Waals surface area contributed by atoms with Gasteiger partial charge < -0.3 is 25.4 Å². The summed E-state index contributed by atoms with van der Waals surface area (Å²) in [6.07, 6.45) is 0.285. The summed E-state index contributed by atoms with van der Waals surface area (Å²) in [6.45, 7) is 6.58. The number of rotatable bonds is 5. The van der Waals surface area contributed by atoms with E-state index in [-0.39, 0.29) is 6.54 Å². The molecule has 0 bridgehead atoms. The Bertz CT molecular complexity index is 514. The number of carboxylic acids is 1. The predicted molar refractivity (Wildman–Crippen MR) is 84.2 cm³/mol. The van der Waals surface area contributed by atoms with E-state index in [1.54, 1.807) is 20.8 Å². The third-order valence-electron chi connectivity index (χ3n) is 3.36. The van der Waals surface area contributed by atoms with Crippen LogP contribution in [0.15, 0.2) is 0 Å². The van der Waals surface area contributed by atoms with Gasteiger partial charge in [-0.1, -0.05) is 0 Å². The molecule has 136 valence electrons. The average molecular weight is 343 g/mol. The van der Waals surface area contributed by atoms with Crippen LogP contribution in [0.4, 0.5) is 4.79 Å². The van der Waals surface area contributed by atoms with Crippen LogP contribution < -0.4 is 10.6 Å². The molecule has 0 saturated carbocycles. The first-order valence-corrected chi connectivity index (χ1v) is 7.81. The maximum atomic E-state index is 12.3. The van der Waals surface area contributed by atoms with E-state index in [1.807, 2.05) is 0 Å². The van der Waals surface area contributed by atoms with Crippen molar-refractivity contribution >= 4 is 23.9 Å². The molecule has 0 aromatic heterocycles. The Labute approximate surface area is 140 Å². The van der Waals surface area contributed by atoms with Crippen LogP contribution in [0.3, 0.4) is 0 Å². The van der Waals surface area contributed by atoms with Gasteiger partial charge in [0, 0.05) is 6.54 Å². The summed E-state index contributed by atoms with van der Waals surface area (Å²) in [4.78, 5) is 47.9. The topological polar surface area (TPSA) is 125 Å². The maximum absolute atomic E-state index is 12.3. The van der Waals surface area contributed by atoms with Crippen molar-refractivity contribution in [1.82, 2.24) is 15.5 Å². The summed E-state index contributed by atoms with van der Waals surface area (Å²) in [5.74, 6) is -2.07. The molecule has 9 heteroatoms. The second-order valence-corrected chi connectivity index (χ2v) is 6.67. The summed E-state index contributed by atoms with van der Waals surface area (Å²) in [7, 11) is 0. The lowest BCUT2D eigenvalue weighted by molar-refractivity contribution is -0.149. The second-order valence-electron chi connectivity index (χ2n) is 6.67. The van der Waals surface area contributed by atoms with Crippen LogP contribution in [-0.2, 0) is 19.1 Å². The van der Waals surface area contributed by atoms with Crippen molar-refractivity contribution in [2.75, 3.05) is 13.1 Å². The van der Waals surface area contributed by atoms with Crippen molar-refractivity contribution in [3.05, 3.63) is 0 Å². The lowest BCUT2D eigenvalue weighted by Crippen LogP contribution is -2.52. The molecule has 3 amide bonds. The van der Waals surface area contributed by atoms with E-state index in [1.165, 1.54) is 11.8 Å². The number of hydrogen-bond acceptors (Lipinski definition) is 5. The summed E-state index contributed by atoms with van der Waals surface area (Å²) >= 11 is 0. The number of carbonyl (C=O) groups is 4. The van der Waals surface area contributed by atoms with Crippen molar-refractivity contribution in [3.63, 3.8) is 0 Å². The zero-order chi connectivity index (χ0) is 18.5. The first kappa shape index (κ1) is 19.7. The number of likely N-dealkylation sites (tertiary alicyclic amines) is 1. The highest BCUT2D eigenvalue weighted by Gasteiger charge is 2.36. The minimum absolute atomic E-state index is 0.338. The molecule has 1 aliphatic heterocycles. The van der Waals surface area contributed by atoms with Gasteiger partial charge >= 0.3 is 12.1 Å². The highest BCUT2D eigenvalue weighted by molar-refractivity contribution is 5.91. The van der Waals surface area contributed by atoms with E-state index < -0.39 is 41.6 Å². The van der Waals surface area contributed by atoms with Crippen molar-refractivity contribution in [1.29, 1.82) is 0 Å². The van der Waals surface area contributed by atoms with Crippen LogP contribution in [-0.4, -0.2) is 64.7 Å². The molecule has 24 heavy (non-hydrogen) atoms. The van der Waals surface area contributed by atoms with E-state index in [0.717, 1.165) is 0 Å². The van der Waals surface area contributed by atoms with E-state index in [9.17, 15) is 19.2 Å². The monoisotopic (exact) mass is 343 g/mol. The predicted octanol–water partition coefficient (Wildman–Crippen LogP) is 0.0914. The number of ether oxygens (including phenoxy) is 1. The largest absolute Gasteiger partial charge is 0.480 e. The third kappa shape index (κ3) is 6.05. The standard InChI is InChI=1S/C15H25N3O6/c1-9(12(20)18-7-5-6-10(18)13(21)22)17-11(19)8-16-14(23)24-15(2,3)4/h9-10H,5-8H2,1-4H3,(H,16,23)(H,17,19)(H,21,22)/t9-,10+/m1/s1. The van der Waals surface area contributed by atoms with Gasteiger partial charge in [-0.25, -0.2) is 9.59 Å². The van der Waals surface area contributed by atoms with Crippen LogP contribution in [0.1, 0.15) is 40.5 Å². The molecule has 1 saturated heterocycles. The normalized spacial score (nSPS) is 18.7. The van der Waals surface area contributed by atoms with E-state index >= 15 is 0 Å². The van der Waals surface area contributed by atoms with Gasteiger partial charge in [0.2, 0.25) is 11.8 Å². The zero-order valence-corrected chi connectivity index (χ0v) is 14.4.